The minimum absolute atomic E-state index is 1.08. The van der Waals surface area contributed by atoms with Crippen LogP contribution in [0.4, 0.5) is 0 Å². The molecule has 2 aromatic rings. The van der Waals surface area contributed by atoms with Gasteiger partial charge in [0.15, 0.2) is 0 Å². The Morgan fingerprint density at radius 1 is 0.731 bits per heavy atom. The van der Waals surface area contributed by atoms with E-state index in [1.54, 1.807) is 0 Å². The predicted molar refractivity (Wildman–Crippen MR) is 113 cm³/mol. The first-order valence-corrected chi connectivity index (χ1v) is 10.9. The molecular formula is C24H38N2. The SMILES string of the molecule is CCCCCCCCCCCCn1ccnc1CCCc1ccccc1. The van der Waals surface area contributed by atoms with E-state index in [1.165, 1.54) is 82.0 Å². The predicted octanol–water partition coefficient (Wildman–Crippen LogP) is 6.98. The van der Waals surface area contributed by atoms with E-state index in [2.05, 4.69) is 53.0 Å². The number of hydrogen-bond donors (Lipinski definition) is 0. The molecule has 0 radical (unpaired) electrons. The van der Waals surface area contributed by atoms with Gasteiger partial charge in [0.1, 0.15) is 5.82 Å². The van der Waals surface area contributed by atoms with Crippen LogP contribution in [0, 0.1) is 0 Å². The molecule has 0 saturated carbocycles. The maximum atomic E-state index is 4.57. The molecule has 0 unspecified atom stereocenters. The lowest BCUT2D eigenvalue weighted by Gasteiger charge is -2.08. The Morgan fingerprint density at radius 3 is 2.08 bits per heavy atom. The van der Waals surface area contributed by atoms with Crippen LogP contribution < -0.4 is 0 Å². The van der Waals surface area contributed by atoms with Gasteiger partial charge in [0.25, 0.3) is 0 Å². The van der Waals surface area contributed by atoms with E-state index >= 15 is 0 Å². The molecule has 0 aliphatic carbocycles. The summed E-state index contributed by atoms with van der Waals surface area (Å²) in [4.78, 5) is 4.57. The minimum atomic E-state index is 1.08. The summed E-state index contributed by atoms with van der Waals surface area (Å²) in [5.74, 6) is 1.26. The molecule has 0 aliphatic rings. The van der Waals surface area contributed by atoms with Gasteiger partial charge >= 0.3 is 0 Å². The van der Waals surface area contributed by atoms with Crippen molar-refractivity contribution in [2.24, 2.45) is 0 Å². The summed E-state index contributed by atoms with van der Waals surface area (Å²) < 4.78 is 2.37. The van der Waals surface area contributed by atoms with E-state index in [4.69, 9.17) is 0 Å². The second kappa shape index (κ2) is 13.6. The van der Waals surface area contributed by atoms with Crippen LogP contribution in [0.15, 0.2) is 42.7 Å². The summed E-state index contributed by atoms with van der Waals surface area (Å²) >= 11 is 0. The average Bonchev–Trinajstić information content (AvgIpc) is 3.11. The van der Waals surface area contributed by atoms with Gasteiger partial charge in [-0.15, -0.1) is 0 Å². The fourth-order valence-corrected chi connectivity index (χ4v) is 3.64. The number of rotatable bonds is 15. The van der Waals surface area contributed by atoms with E-state index in [-0.39, 0.29) is 0 Å². The van der Waals surface area contributed by atoms with E-state index in [0.717, 1.165) is 19.4 Å². The van der Waals surface area contributed by atoms with E-state index in [1.807, 2.05) is 6.20 Å². The maximum Gasteiger partial charge on any atom is 0.108 e. The Balaban J connectivity index is 1.52. The van der Waals surface area contributed by atoms with Crippen molar-refractivity contribution >= 4 is 0 Å². The molecule has 26 heavy (non-hydrogen) atoms. The lowest BCUT2D eigenvalue weighted by Crippen LogP contribution is -2.04. The van der Waals surface area contributed by atoms with Gasteiger partial charge in [-0.2, -0.15) is 0 Å². The molecule has 2 rings (SSSR count). The first kappa shape index (κ1) is 20.7. The summed E-state index contributed by atoms with van der Waals surface area (Å²) in [5.41, 5.74) is 1.43. The molecule has 1 aromatic heterocycles. The van der Waals surface area contributed by atoms with Gasteiger partial charge in [-0.3, -0.25) is 0 Å². The standard InChI is InChI=1S/C24H38N2/c1-2-3-4-5-6-7-8-9-10-14-21-26-22-20-25-24(26)19-15-18-23-16-12-11-13-17-23/h11-13,16-17,20,22H,2-10,14-15,18-19,21H2,1H3. The fraction of sp³-hybridized carbons (Fsp3) is 0.625. The Kier molecular flexibility index (Phi) is 10.9. The summed E-state index contributed by atoms with van der Waals surface area (Å²) in [6.07, 6.45) is 21.5. The van der Waals surface area contributed by atoms with Crippen LogP contribution in [0.1, 0.15) is 88.9 Å². The van der Waals surface area contributed by atoms with Crippen molar-refractivity contribution in [3.63, 3.8) is 0 Å². The van der Waals surface area contributed by atoms with Crippen LogP contribution in [0.25, 0.3) is 0 Å². The molecule has 2 heteroatoms. The molecule has 2 nitrogen and oxygen atoms in total. The molecule has 0 bridgehead atoms. The van der Waals surface area contributed by atoms with Crippen molar-refractivity contribution in [1.82, 2.24) is 9.55 Å². The second-order valence-corrected chi connectivity index (χ2v) is 7.56. The Labute approximate surface area is 161 Å². The second-order valence-electron chi connectivity index (χ2n) is 7.56. The number of benzene rings is 1. The number of aromatic nitrogens is 2. The maximum absolute atomic E-state index is 4.57. The zero-order chi connectivity index (χ0) is 18.3. The topological polar surface area (TPSA) is 17.8 Å². The van der Waals surface area contributed by atoms with Gasteiger partial charge in [0.2, 0.25) is 0 Å². The number of imidazole rings is 1. The zero-order valence-electron chi connectivity index (χ0n) is 16.8. The smallest absolute Gasteiger partial charge is 0.108 e. The highest BCUT2D eigenvalue weighted by Crippen LogP contribution is 2.12. The third kappa shape index (κ3) is 8.69. The number of unbranched alkanes of at least 4 members (excludes halogenated alkanes) is 9. The Morgan fingerprint density at radius 2 is 1.38 bits per heavy atom. The summed E-state index contributed by atoms with van der Waals surface area (Å²) in [6, 6.07) is 10.8. The van der Waals surface area contributed by atoms with Gasteiger partial charge < -0.3 is 4.57 Å². The highest BCUT2D eigenvalue weighted by atomic mass is 15.1. The van der Waals surface area contributed by atoms with Crippen LogP contribution in [0.2, 0.25) is 0 Å². The van der Waals surface area contributed by atoms with E-state index in [0.29, 0.717) is 0 Å². The van der Waals surface area contributed by atoms with E-state index in [9.17, 15) is 0 Å². The van der Waals surface area contributed by atoms with Crippen molar-refractivity contribution in [1.29, 1.82) is 0 Å². The van der Waals surface area contributed by atoms with Crippen molar-refractivity contribution in [3.05, 3.63) is 54.1 Å². The van der Waals surface area contributed by atoms with Gasteiger partial charge in [-0.05, 0) is 24.8 Å². The number of hydrogen-bond acceptors (Lipinski definition) is 1. The molecule has 0 amide bonds. The molecule has 0 saturated heterocycles. The molecule has 0 N–H and O–H groups in total. The lowest BCUT2D eigenvalue weighted by molar-refractivity contribution is 0.526. The van der Waals surface area contributed by atoms with Crippen LogP contribution in [-0.4, -0.2) is 9.55 Å². The van der Waals surface area contributed by atoms with Crippen molar-refractivity contribution in [3.8, 4) is 0 Å². The minimum Gasteiger partial charge on any atom is -0.335 e. The molecule has 1 heterocycles. The summed E-state index contributed by atoms with van der Waals surface area (Å²) in [5, 5.41) is 0. The van der Waals surface area contributed by atoms with E-state index < -0.39 is 0 Å². The summed E-state index contributed by atoms with van der Waals surface area (Å²) in [6.45, 7) is 3.42. The molecule has 1 aromatic carbocycles. The highest BCUT2D eigenvalue weighted by molar-refractivity contribution is 5.14. The lowest BCUT2D eigenvalue weighted by atomic mass is 10.1. The quantitative estimate of drug-likeness (QED) is 0.315. The van der Waals surface area contributed by atoms with Gasteiger partial charge in [0, 0.05) is 25.4 Å². The van der Waals surface area contributed by atoms with Crippen molar-refractivity contribution in [2.75, 3.05) is 0 Å². The molecule has 0 atom stereocenters. The first-order chi connectivity index (χ1) is 12.9. The number of nitrogens with zero attached hydrogens (tertiary/aromatic N) is 2. The van der Waals surface area contributed by atoms with Crippen LogP contribution >= 0.6 is 0 Å². The fourth-order valence-electron chi connectivity index (χ4n) is 3.64. The zero-order valence-corrected chi connectivity index (χ0v) is 16.8. The van der Waals surface area contributed by atoms with Crippen LogP contribution in [-0.2, 0) is 19.4 Å². The third-order valence-corrected chi connectivity index (χ3v) is 5.26. The molecule has 0 spiro atoms. The average molecular weight is 355 g/mol. The molecule has 144 valence electrons. The van der Waals surface area contributed by atoms with Crippen LogP contribution in [0.5, 0.6) is 0 Å². The molecular weight excluding hydrogens is 316 g/mol. The Bertz CT molecular complexity index is 559. The van der Waals surface area contributed by atoms with Gasteiger partial charge in [-0.1, -0.05) is 95.0 Å². The first-order valence-electron chi connectivity index (χ1n) is 10.9. The van der Waals surface area contributed by atoms with Gasteiger partial charge in [0.05, 0.1) is 0 Å². The van der Waals surface area contributed by atoms with Crippen molar-refractivity contribution < 1.29 is 0 Å². The Hall–Kier alpha value is -1.57. The molecule has 0 fully saturated rings. The third-order valence-electron chi connectivity index (χ3n) is 5.26. The monoisotopic (exact) mass is 354 g/mol. The van der Waals surface area contributed by atoms with Gasteiger partial charge in [-0.25, -0.2) is 4.98 Å². The molecule has 0 aliphatic heterocycles. The summed E-state index contributed by atoms with van der Waals surface area (Å²) in [7, 11) is 0. The van der Waals surface area contributed by atoms with Crippen LogP contribution in [0.3, 0.4) is 0 Å². The number of aryl methyl sites for hydroxylation is 3. The largest absolute Gasteiger partial charge is 0.335 e. The highest BCUT2D eigenvalue weighted by Gasteiger charge is 2.03. The van der Waals surface area contributed by atoms with Crippen molar-refractivity contribution in [2.45, 2.75) is 96.9 Å². The normalized spacial score (nSPS) is 11.1.